The van der Waals surface area contributed by atoms with Crippen molar-refractivity contribution in [3.63, 3.8) is 0 Å². The molecule has 0 spiro atoms. The average molecular weight is 190 g/mol. The van der Waals surface area contributed by atoms with Gasteiger partial charge in [-0.1, -0.05) is 0 Å². The Labute approximate surface area is 108 Å². The summed E-state index contributed by atoms with van der Waals surface area (Å²) in [5, 5.41) is 27.9. The molecule has 0 radical (unpaired) electrons. The van der Waals surface area contributed by atoms with E-state index >= 15 is 0 Å². The summed E-state index contributed by atoms with van der Waals surface area (Å²) in [5.41, 5.74) is 0. The van der Waals surface area contributed by atoms with E-state index in [1.54, 1.807) is 0 Å². The van der Waals surface area contributed by atoms with Crippen LogP contribution in [0.25, 0.3) is 0 Å². The van der Waals surface area contributed by atoms with E-state index in [1.165, 1.54) is 0 Å². The van der Waals surface area contributed by atoms with E-state index in [1.807, 2.05) is 0 Å². The van der Waals surface area contributed by atoms with Gasteiger partial charge in [-0.05, 0) is 0 Å². The van der Waals surface area contributed by atoms with Crippen LogP contribution < -0.4 is 0 Å². The Bertz CT molecular complexity index is 73.7. The van der Waals surface area contributed by atoms with E-state index in [2.05, 4.69) is 0 Å². The van der Waals surface area contributed by atoms with Gasteiger partial charge in [0.1, 0.15) is 0 Å². The molecule has 6 nitrogen and oxygen atoms in total. The van der Waals surface area contributed by atoms with Gasteiger partial charge >= 0.3 is 79.6 Å². The molecule has 4 N–H and O–H groups in total. The molecule has 8 heteroatoms. The number of carbonyl (C=O) groups is 2. The fourth-order valence-electron chi connectivity index (χ4n) is 0. The first-order valence-corrected chi connectivity index (χ1v) is 1.30. The Morgan fingerprint density at radius 1 is 0.800 bits per heavy atom. The number of rotatable bonds is 0. The molecule has 0 aliphatic heterocycles. The molecule has 0 amide bonds. The minimum absolute atomic E-state index is 0. The minimum atomic E-state index is -1.83. The summed E-state index contributed by atoms with van der Waals surface area (Å²) in [6, 6.07) is 0. The average Bonchev–Trinajstić information content (AvgIpc) is 1.25. The number of hydrogen-bond acceptors (Lipinski definition) is 2. The molecule has 0 saturated heterocycles. The third-order valence-electron chi connectivity index (χ3n) is 0. The van der Waals surface area contributed by atoms with Crippen LogP contribution in [-0.2, 0) is 0 Å². The van der Waals surface area contributed by atoms with Crippen molar-refractivity contribution in [3.05, 3.63) is 0 Å². The summed E-state index contributed by atoms with van der Waals surface area (Å²) in [4.78, 5) is 17.1. The Balaban J connectivity index is -0.0000000300. The Morgan fingerprint density at radius 2 is 0.800 bits per heavy atom. The van der Waals surface area contributed by atoms with E-state index in [9.17, 15) is 0 Å². The summed E-state index contributed by atoms with van der Waals surface area (Å²) in [5.74, 6) is 0. The van der Waals surface area contributed by atoms with Gasteiger partial charge in [-0.15, -0.1) is 0 Å². The second-order valence-corrected chi connectivity index (χ2v) is 0.565. The van der Waals surface area contributed by atoms with Crippen LogP contribution in [0.4, 0.5) is 9.59 Å². The zero-order chi connectivity index (χ0) is 7.15. The second kappa shape index (κ2) is 16.4. The van der Waals surface area contributed by atoms with Crippen LogP contribution in [0, 0.1) is 0 Å². The van der Waals surface area contributed by atoms with Crippen LogP contribution in [0.2, 0.25) is 0 Å². The molecule has 0 aliphatic carbocycles. The first-order chi connectivity index (χ1) is 3.46. The van der Waals surface area contributed by atoms with Crippen molar-refractivity contribution in [2.24, 2.45) is 0 Å². The van der Waals surface area contributed by atoms with Crippen molar-refractivity contribution in [2.45, 2.75) is 0 Å². The second-order valence-electron chi connectivity index (χ2n) is 0.565. The molecule has 0 aromatic carbocycles. The molecular weight excluding hydrogens is 183 g/mol. The van der Waals surface area contributed by atoms with Gasteiger partial charge in [0.15, 0.2) is 0 Å². The maximum absolute atomic E-state index is 8.56. The molecule has 0 aromatic heterocycles. The van der Waals surface area contributed by atoms with Crippen LogP contribution in [0.1, 0.15) is 0 Å². The molecule has 0 aromatic rings. The molecule has 0 bridgehead atoms. The normalized spacial score (nSPS) is 4.80. The van der Waals surface area contributed by atoms with Gasteiger partial charge in [0.05, 0.1) is 0 Å². The summed E-state index contributed by atoms with van der Waals surface area (Å²) < 4.78 is 0. The predicted octanol–water partition coefficient (Wildman–Crippen LogP) is -1.12. The SMILES string of the molecule is O=C(O)O.O=C(O)O.[CaH2].[NaH]. The van der Waals surface area contributed by atoms with Crippen LogP contribution in [0.5, 0.6) is 0 Å². The number of carboxylic acid groups (broad SMARTS) is 4. The van der Waals surface area contributed by atoms with Gasteiger partial charge in [-0.3, -0.25) is 0 Å². The fourth-order valence-corrected chi connectivity index (χ4v) is 0. The summed E-state index contributed by atoms with van der Waals surface area (Å²) in [7, 11) is 0. The van der Waals surface area contributed by atoms with Crippen LogP contribution in [0.15, 0.2) is 0 Å². The van der Waals surface area contributed by atoms with E-state index in [-0.39, 0.29) is 67.3 Å². The van der Waals surface area contributed by atoms with Crippen molar-refractivity contribution >= 4 is 79.6 Å². The fraction of sp³-hybridized carbons (Fsp3) is 0. The molecule has 0 unspecified atom stereocenters. The number of hydrogen-bond donors (Lipinski definition) is 4. The van der Waals surface area contributed by atoms with Crippen LogP contribution in [-0.4, -0.2) is 100 Å². The molecule has 0 atom stereocenters. The van der Waals surface area contributed by atoms with Crippen LogP contribution >= 0.6 is 0 Å². The van der Waals surface area contributed by atoms with Crippen molar-refractivity contribution in [3.8, 4) is 0 Å². The van der Waals surface area contributed by atoms with Gasteiger partial charge in [-0.2, -0.15) is 0 Å². The first-order valence-electron chi connectivity index (χ1n) is 1.30. The molecule has 0 heterocycles. The molecule has 54 valence electrons. The quantitative estimate of drug-likeness (QED) is 0.360. The van der Waals surface area contributed by atoms with Crippen molar-refractivity contribution in [1.82, 2.24) is 0 Å². The maximum atomic E-state index is 8.56. The Morgan fingerprint density at radius 3 is 0.800 bits per heavy atom. The van der Waals surface area contributed by atoms with Crippen LogP contribution in [0.3, 0.4) is 0 Å². The third-order valence-corrected chi connectivity index (χ3v) is 0. The third kappa shape index (κ3) is 837. The summed E-state index contributed by atoms with van der Waals surface area (Å²) >= 11 is 0. The molecule has 0 fully saturated rings. The standard InChI is InChI=1S/2CH2O3.Ca.Na.3H/c2*2-1(3)4;;;;;/h2*(H2,2,3,4);;;;;. The molecule has 0 rings (SSSR count). The zero-order valence-electron chi connectivity index (χ0n) is 3.61. The van der Waals surface area contributed by atoms with Crippen molar-refractivity contribution < 1.29 is 30.0 Å². The predicted molar refractivity (Wildman–Crippen MR) is 37.0 cm³/mol. The molecule has 10 heavy (non-hydrogen) atoms. The van der Waals surface area contributed by atoms with E-state index in [0.29, 0.717) is 0 Å². The van der Waals surface area contributed by atoms with Gasteiger partial charge < -0.3 is 20.4 Å². The summed E-state index contributed by atoms with van der Waals surface area (Å²) in [6.07, 6.45) is -3.67. The van der Waals surface area contributed by atoms with Gasteiger partial charge in [-0.25, -0.2) is 9.59 Å². The van der Waals surface area contributed by atoms with E-state index in [0.717, 1.165) is 0 Å². The molecule has 0 saturated carbocycles. The Kier molecular flexibility index (Phi) is 36.8. The van der Waals surface area contributed by atoms with Gasteiger partial charge in [0.25, 0.3) is 0 Å². The van der Waals surface area contributed by atoms with E-state index < -0.39 is 12.3 Å². The zero-order valence-corrected chi connectivity index (χ0v) is 3.61. The molecule has 0 aliphatic rings. The topological polar surface area (TPSA) is 115 Å². The first kappa shape index (κ1) is 22.4. The van der Waals surface area contributed by atoms with E-state index in [4.69, 9.17) is 30.0 Å². The molecular formula is C2H7CaNaO6. The van der Waals surface area contributed by atoms with Crippen molar-refractivity contribution in [1.29, 1.82) is 0 Å². The summed E-state index contributed by atoms with van der Waals surface area (Å²) in [6.45, 7) is 0. The van der Waals surface area contributed by atoms with Gasteiger partial charge in [0.2, 0.25) is 0 Å². The monoisotopic (exact) mass is 190 g/mol. The Hall–Kier alpha value is 0.800. The van der Waals surface area contributed by atoms with Crippen molar-refractivity contribution in [2.75, 3.05) is 0 Å². The van der Waals surface area contributed by atoms with Gasteiger partial charge in [0, 0.05) is 0 Å².